The van der Waals surface area contributed by atoms with Crippen LogP contribution in [-0.2, 0) is 4.79 Å². The van der Waals surface area contributed by atoms with Gasteiger partial charge in [-0.25, -0.2) is 0 Å². The minimum absolute atomic E-state index is 0.0587. The molecule has 1 aliphatic rings. The molecule has 1 aliphatic heterocycles. The van der Waals surface area contributed by atoms with E-state index in [-0.39, 0.29) is 23.1 Å². The normalized spacial score (nSPS) is 15.3. The van der Waals surface area contributed by atoms with Crippen molar-refractivity contribution in [3.8, 4) is 5.75 Å². The van der Waals surface area contributed by atoms with Gasteiger partial charge in [-0.2, -0.15) is 0 Å². The zero-order valence-corrected chi connectivity index (χ0v) is 13.3. The van der Waals surface area contributed by atoms with Crippen molar-refractivity contribution < 1.29 is 14.7 Å². The average Bonchev–Trinajstić information content (AvgIpc) is 2.74. The SMILES string of the molecule is CC(=O)N1/C(=C/c2ccccc2O)C(=O)c2cc(Br)ccc21. The van der Waals surface area contributed by atoms with Gasteiger partial charge in [0.15, 0.2) is 0 Å². The molecule has 0 saturated heterocycles. The van der Waals surface area contributed by atoms with Crippen LogP contribution in [0.5, 0.6) is 5.75 Å². The van der Waals surface area contributed by atoms with Gasteiger partial charge in [0.05, 0.1) is 11.4 Å². The first-order chi connectivity index (χ1) is 10.5. The lowest BCUT2D eigenvalue weighted by Gasteiger charge is -2.16. The van der Waals surface area contributed by atoms with Crippen LogP contribution in [0.2, 0.25) is 0 Å². The quantitative estimate of drug-likeness (QED) is 0.790. The Labute approximate surface area is 135 Å². The number of fused-ring (bicyclic) bond motifs is 1. The Morgan fingerprint density at radius 1 is 1.23 bits per heavy atom. The summed E-state index contributed by atoms with van der Waals surface area (Å²) >= 11 is 3.33. The summed E-state index contributed by atoms with van der Waals surface area (Å²) in [6.45, 7) is 1.41. The van der Waals surface area contributed by atoms with E-state index in [1.807, 2.05) is 0 Å². The molecular formula is C17H12BrNO3. The number of anilines is 1. The van der Waals surface area contributed by atoms with Crippen LogP contribution in [0.3, 0.4) is 0 Å². The third kappa shape index (κ3) is 2.33. The van der Waals surface area contributed by atoms with Crippen LogP contribution in [-0.4, -0.2) is 16.8 Å². The van der Waals surface area contributed by atoms with Gasteiger partial charge < -0.3 is 5.11 Å². The molecule has 110 valence electrons. The second-order valence-electron chi connectivity index (χ2n) is 4.93. The van der Waals surface area contributed by atoms with E-state index in [2.05, 4.69) is 15.9 Å². The maximum absolute atomic E-state index is 12.6. The van der Waals surface area contributed by atoms with Crippen LogP contribution in [0.4, 0.5) is 5.69 Å². The number of benzene rings is 2. The highest BCUT2D eigenvalue weighted by molar-refractivity contribution is 9.10. The smallest absolute Gasteiger partial charge is 0.228 e. The molecule has 0 aliphatic carbocycles. The number of hydrogen-bond donors (Lipinski definition) is 1. The van der Waals surface area contributed by atoms with E-state index in [9.17, 15) is 14.7 Å². The molecule has 0 fully saturated rings. The van der Waals surface area contributed by atoms with Crippen molar-refractivity contribution in [2.24, 2.45) is 0 Å². The number of hydrogen-bond acceptors (Lipinski definition) is 3. The number of allylic oxidation sites excluding steroid dienone is 1. The minimum atomic E-state index is -0.254. The molecule has 1 amide bonds. The largest absolute Gasteiger partial charge is 0.507 e. The number of amides is 1. The first kappa shape index (κ1) is 14.5. The zero-order chi connectivity index (χ0) is 15.9. The summed E-state index contributed by atoms with van der Waals surface area (Å²) in [5.74, 6) is -0.436. The fraction of sp³-hybridized carbons (Fsp3) is 0.0588. The number of phenols is 1. The number of halogens is 1. The number of nitrogens with zero attached hydrogens (tertiary/aromatic N) is 1. The fourth-order valence-corrected chi connectivity index (χ4v) is 2.84. The molecular weight excluding hydrogens is 346 g/mol. The summed E-state index contributed by atoms with van der Waals surface area (Å²) in [7, 11) is 0. The Kier molecular flexibility index (Phi) is 3.58. The summed E-state index contributed by atoms with van der Waals surface area (Å²) in [6.07, 6.45) is 1.53. The van der Waals surface area contributed by atoms with Crippen molar-refractivity contribution in [2.45, 2.75) is 6.92 Å². The number of carbonyl (C=O) groups is 2. The number of rotatable bonds is 1. The number of carbonyl (C=O) groups excluding carboxylic acids is 2. The first-order valence-electron chi connectivity index (χ1n) is 6.63. The molecule has 22 heavy (non-hydrogen) atoms. The van der Waals surface area contributed by atoms with E-state index in [0.29, 0.717) is 16.8 Å². The number of phenolic OH excluding ortho intramolecular Hbond substituents is 1. The molecule has 3 rings (SSSR count). The third-order valence-electron chi connectivity index (χ3n) is 3.46. The number of Topliss-reactive ketones (excluding diaryl/α,β-unsaturated/α-hetero) is 1. The van der Waals surface area contributed by atoms with Crippen molar-refractivity contribution in [3.63, 3.8) is 0 Å². The van der Waals surface area contributed by atoms with Crippen LogP contribution >= 0.6 is 15.9 Å². The highest BCUT2D eigenvalue weighted by Gasteiger charge is 2.34. The monoisotopic (exact) mass is 357 g/mol. The van der Waals surface area contributed by atoms with Gasteiger partial charge in [0, 0.05) is 22.5 Å². The van der Waals surface area contributed by atoms with Crippen molar-refractivity contribution in [3.05, 3.63) is 63.8 Å². The van der Waals surface area contributed by atoms with Gasteiger partial charge in [0.1, 0.15) is 5.75 Å². The Morgan fingerprint density at radius 3 is 2.64 bits per heavy atom. The Hall–Kier alpha value is -2.40. The standard InChI is InChI=1S/C17H12BrNO3/c1-10(20)19-14-7-6-12(18)9-13(14)17(22)15(19)8-11-4-2-3-5-16(11)21/h2-9,21H,1H3/b15-8+. The molecule has 0 aromatic heterocycles. The molecule has 0 unspecified atom stereocenters. The molecule has 0 spiro atoms. The van der Waals surface area contributed by atoms with Crippen molar-refractivity contribution in [1.82, 2.24) is 0 Å². The van der Waals surface area contributed by atoms with Crippen LogP contribution < -0.4 is 4.90 Å². The molecule has 0 bridgehead atoms. The summed E-state index contributed by atoms with van der Waals surface area (Å²) in [4.78, 5) is 26.0. The first-order valence-corrected chi connectivity index (χ1v) is 7.43. The second-order valence-corrected chi connectivity index (χ2v) is 5.85. The zero-order valence-electron chi connectivity index (χ0n) is 11.7. The van der Waals surface area contributed by atoms with E-state index >= 15 is 0 Å². The van der Waals surface area contributed by atoms with Crippen molar-refractivity contribution in [1.29, 1.82) is 0 Å². The van der Waals surface area contributed by atoms with Crippen molar-refractivity contribution in [2.75, 3.05) is 4.90 Å². The lowest BCUT2D eigenvalue weighted by atomic mass is 10.1. The molecule has 5 heteroatoms. The fourth-order valence-electron chi connectivity index (χ4n) is 2.48. The highest BCUT2D eigenvalue weighted by atomic mass is 79.9. The summed E-state index contributed by atoms with van der Waals surface area (Å²) < 4.78 is 0.770. The van der Waals surface area contributed by atoms with E-state index in [1.165, 1.54) is 24.0 Å². The molecule has 0 atom stereocenters. The predicted molar refractivity (Wildman–Crippen MR) is 87.7 cm³/mol. The number of ketones is 1. The van der Waals surface area contributed by atoms with Gasteiger partial charge in [0.2, 0.25) is 11.7 Å². The van der Waals surface area contributed by atoms with Crippen LogP contribution in [0.25, 0.3) is 6.08 Å². The topological polar surface area (TPSA) is 57.6 Å². The number of aromatic hydroxyl groups is 1. The average molecular weight is 358 g/mol. The molecule has 0 saturated carbocycles. The van der Waals surface area contributed by atoms with E-state index in [4.69, 9.17) is 0 Å². The van der Waals surface area contributed by atoms with Gasteiger partial charge >= 0.3 is 0 Å². The molecule has 2 aromatic rings. The maximum atomic E-state index is 12.6. The molecule has 1 N–H and O–H groups in total. The Bertz CT molecular complexity index is 826. The third-order valence-corrected chi connectivity index (χ3v) is 3.95. The van der Waals surface area contributed by atoms with Crippen molar-refractivity contribution >= 4 is 39.4 Å². The Morgan fingerprint density at radius 2 is 1.95 bits per heavy atom. The predicted octanol–water partition coefficient (Wildman–Crippen LogP) is 3.75. The molecule has 4 nitrogen and oxygen atoms in total. The summed E-state index contributed by atoms with van der Waals surface area (Å²) in [5, 5.41) is 9.88. The Balaban J connectivity index is 2.18. The van der Waals surface area contributed by atoms with Crippen LogP contribution in [0, 0.1) is 0 Å². The van der Waals surface area contributed by atoms with Crippen LogP contribution in [0.15, 0.2) is 52.6 Å². The van der Waals surface area contributed by atoms with Gasteiger partial charge in [-0.3, -0.25) is 14.5 Å². The second kappa shape index (κ2) is 5.42. The lowest BCUT2D eigenvalue weighted by molar-refractivity contribution is -0.116. The van der Waals surface area contributed by atoms with Gasteiger partial charge in [-0.15, -0.1) is 0 Å². The molecule has 1 heterocycles. The molecule has 0 radical (unpaired) electrons. The van der Waals surface area contributed by atoms with E-state index in [1.54, 1.807) is 36.4 Å². The lowest BCUT2D eigenvalue weighted by Crippen LogP contribution is -2.25. The summed E-state index contributed by atoms with van der Waals surface area (Å²) in [6, 6.07) is 11.9. The van der Waals surface area contributed by atoms with Gasteiger partial charge in [-0.05, 0) is 30.3 Å². The maximum Gasteiger partial charge on any atom is 0.228 e. The van der Waals surface area contributed by atoms with E-state index in [0.717, 1.165) is 4.47 Å². The summed E-state index contributed by atoms with van der Waals surface area (Å²) in [5.41, 5.74) is 1.75. The highest BCUT2D eigenvalue weighted by Crippen LogP contribution is 2.37. The molecule has 2 aromatic carbocycles. The van der Waals surface area contributed by atoms with Crippen LogP contribution in [0.1, 0.15) is 22.8 Å². The minimum Gasteiger partial charge on any atom is -0.507 e. The number of para-hydroxylation sites is 1. The van der Waals surface area contributed by atoms with E-state index < -0.39 is 0 Å². The van der Waals surface area contributed by atoms with Gasteiger partial charge in [0.25, 0.3) is 0 Å². The van der Waals surface area contributed by atoms with Gasteiger partial charge in [-0.1, -0.05) is 34.1 Å².